The molecule has 1 aromatic rings. The second-order valence-corrected chi connectivity index (χ2v) is 7.35. The van der Waals surface area contributed by atoms with Gasteiger partial charge in [0.25, 0.3) is 9.05 Å². The lowest BCUT2D eigenvalue weighted by molar-refractivity contribution is 0.209. The van der Waals surface area contributed by atoms with Crippen molar-refractivity contribution in [3.05, 3.63) is 23.3 Å². The van der Waals surface area contributed by atoms with Crippen LogP contribution in [-0.2, 0) is 9.05 Å². The van der Waals surface area contributed by atoms with Gasteiger partial charge in [-0.05, 0) is 62.8 Å². The maximum Gasteiger partial charge on any atom is 0.261 e. The summed E-state index contributed by atoms with van der Waals surface area (Å²) >= 11 is 0. The standard InChI is InChI=1S/C13H17ClO3S/c1-9-7-12(17-11-5-3-4-6-11)8-10(2)13(9)18(14,15)16/h7-8,11H,3-6H2,1-2H3. The molecule has 2 rings (SSSR count). The van der Waals surface area contributed by atoms with Crippen molar-refractivity contribution >= 4 is 19.7 Å². The van der Waals surface area contributed by atoms with Crippen molar-refractivity contribution in [1.29, 1.82) is 0 Å². The Kier molecular flexibility index (Phi) is 3.87. The molecule has 0 aliphatic heterocycles. The zero-order valence-corrected chi connectivity index (χ0v) is 12.1. The topological polar surface area (TPSA) is 43.4 Å². The Hall–Kier alpha value is -0.740. The molecule has 3 nitrogen and oxygen atoms in total. The van der Waals surface area contributed by atoms with Crippen LogP contribution in [0.15, 0.2) is 17.0 Å². The molecule has 0 unspecified atom stereocenters. The van der Waals surface area contributed by atoms with Crippen LogP contribution in [0.25, 0.3) is 0 Å². The van der Waals surface area contributed by atoms with E-state index in [9.17, 15) is 8.42 Å². The minimum Gasteiger partial charge on any atom is -0.490 e. The first-order chi connectivity index (χ1) is 8.38. The third-order valence-electron chi connectivity index (χ3n) is 3.28. The first-order valence-electron chi connectivity index (χ1n) is 6.10. The molecule has 0 aromatic heterocycles. The van der Waals surface area contributed by atoms with Crippen LogP contribution in [0.2, 0.25) is 0 Å². The van der Waals surface area contributed by atoms with Gasteiger partial charge in [0.1, 0.15) is 5.75 Å². The van der Waals surface area contributed by atoms with Gasteiger partial charge in [-0.3, -0.25) is 0 Å². The zero-order valence-electron chi connectivity index (χ0n) is 10.6. The van der Waals surface area contributed by atoms with Crippen LogP contribution < -0.4 is 4.74 Å². The Labute approximate surface area is 113 Å². The highest BCUT2D eigenvalue weighted by Crippen LogP contribution is 2.30. The molecule has 1 aromatic carbocycles. The Balaban J connectivity index is 2.30. The van der Waals surface area contributed by atoms with Gasteiger partial charge in [0, 0.05) is 10.7 Å². The van der Waals surface area contributed by atoms with Crippen molar-refractivity contribution < 1.29 is 13.2 Å². The number of halogens is 1. The Bertz CT molecular complexity index is 522. The third-order valence-corrected chi connectivity index (χ3v) is 4.88. The summed E-state index contributed by atoms with van der Waals surface area (Å²) in [4.78, 5) is 0.197. The molecule has 18 heavy (non-hydrogen) atoms. The fourth-order valence-electron chi connectivity index (χ4n) is 2.56. The average molecular weight is 289 g/mol. The van der Waals surface area contributed by atoms with Gasteiger partial charge < -0.3 is 4.74 Å². The van der Waals surface area contributed by atoms with E-state index in [1.807, 2.05) is 0 Å². The second kappa shape index (κ2) is 5.10. The molecule has 0 heterocycles. The van der Waals surface area contributed by atoms with Crippen molar-refractivity contribution in [3.8, 4) is 5.75 Å². The Morgan fingerprint density at radius 3 is 2.11 bits per heavy atom. The van der Waals surface area contributed by atoms with Crippen LogP contribution in [0.3, 0.4) is 0 Å². The second-order valence-electron chi connectivity index (χ2n) is 4.85. The van der Waals surface area contributed by atoms with Gasteiger partial charge in [-0.25, -0.2) is 8.42 Å². The van der Waals surface area contributed by atoms with Crippen molar-refractivity contribution in [1.82, 2.24) is 0 Å². The van der Waals surface area contributed by atoms with Gasteiger partial charge in [-0.1, -0.05) is 0 Å². The van der Waals surface area contributed by atoms with Gasteiger partial charge in [-0.15, -0.1) is 0 Å². The molecule has 0 atom stereocenters. The van der Waals surface area contributed by atoms with Crippen LogP contribution in [-0.4, -0.2) is 14.5 Å². The van der Waals surface area contributed by atoms with E-state index in [4.69, 9.17) is 15.4 Å². The van der Waals surface area contributed by atoms with Gasteiger partial charge in [-0.2, -0.15) is 0 Å². The van der Waals surface area contributed by atoms with Crippen molar-refractivity contribution in [2.24, 2.45) is 0 Å². The normalized spacial score (nSPS) is 17.1. The fraction of sp³-hybridized carbons (Fsp3) is 0.538. The van der Waals surface area contributed by atoms with Gasteiger partial charge >= 0.3 is 0 Å². The molecule has 1 fully saturated rings. The first kappa shape index (κ1) is 13.7. The zero-order chi connectivity index (χ0) is 13.3. The van der Waals surface area contributed by atoms with Crippen LogP contribution in [0.5, 0.6) is 5.75 Å². The summed E-state index contributed by atoms with van der Waals surface area (Å²) in [5.74, 6) is 0.737. The lowest BCUT2D eigenvalue weighted by Crippen LogP contribution is -2.11. The summed E-state index contributed by atoms with van der Waals surface area (Å²) in [6.07, 6.45) is 4.83. The Morgan fingerprint density at radius 2 is 1.67 bits per heavy atom. The number of hydrogen-bond acceptors (Lipinski definition) is 3. The van der Waals surface area contributed by atoms with Crippen molar-refractivity contribution in [2.45, 2.75) is 50.5 Å². The summed E-state index contributed by atoms with van der Waals surface area (Å²) in [5, 5.41) is 0. The average Bonchev–Trinajstić information content (AvgIpc) is 2.66. The molecule has 0 spiro atoms. The summed E-state index contributed by atoms with van der Waals surface area (Å²) in [6.45, 7) is 3.48. The van der Waals surface area contributed by atoms with E-state index in [1.165, 1.54) is 12.8 Å². The molecular formula is C13H17ClO3S. The van der Waals surface area contributed by atoms with E-state index in [0.717, 1.165) is 18.6 Å². The monoisotopic (exact) mass is 288 g/mol. The van der Waals surface area contributed by atoms with E-state index < -0.39 is 9.05 Å². The highest BCUT2D eigenvalue weighted by atomic mass is 35.7. The Morgan fingerprint density at radius 1 is 1.17 bits per heavy atom. The number of benzene rings is 1. The first-order valence-corrected chi connectivity index (χ1v) is 8.41. The summed E-state index contributed by atoms with van der Waals surface area (Å²) in [5.41, 5.74) is 1.27. The van der Waals surface area contributed by atoms with Crippen molar-refractivity contribution in [3.63, 3.8) is 0 Å². The number of hydrogen-bond donors (Lipinski definition) is 0. The van der Waals surface area contributed by atoms with Crippen LogP contribution >= 0.6 is 10.7 Å². The molecule has 0 saturated heterocycles. The van der Waals surface area contributed by atoms with Crippen LogP contribution in [0, 0.1) is 13.8 Å². The lowest BCUT2D eigenvalue weighted by atomic mass is 10.1. The van der Waals surface area contributed by atoms with Crippen molar-refractivity contribution in [2.75, 3.05) is 0 Å². The molecule has 0 N–H and O–H groups in total. The van der Waals surface area contributed by atoms with Gasteiger partial charge in [0.15, 0.2) is 0 Å². The predicted molar refractivity (Wildman–Crippen MR) is 71.8 cm³/mol. The molecule has 0 bridgehead atoms. The molecule has 1 aliphatic carbocycles. The SMILES string of the molecule is Cc1cc(OC2CCCC2)cc(C)c1S(=O)(=O)Cl. The van der Waals surface area contributed by atoms with E-state index in [2.05, 4.69) is 0 Å². The minimum atomic E-state index is -3.69. The van der Waals surface area contributed by atoms with E-state index >= 15 is 0 Å². The van der Waals surface area contributed by atoms with E-state index in [1.54, 1.807) is 26.0 Å². The summed E-state index contributed by atoms with van der Waals surface area (Å²) in [6, 6.07) is 3.50. The van der Waals surface area contributed by atoms with E-state index in [-0.39, 0.29) is 11.0 Å². The smallest absolute Gasteiger partial charge is 0.261 e. The predicted octanol–water partition coefficient (Wildman–Crippen LogP) is 3.55. The minimum absolute atomic E-state index is 0.197. The van der Waals surface area contributed by atoms with E-state index in [0.29, 0.717) is 11.1 Å². The molecular weight excluding hydrogens is 272 g/mol. The molecule has 1 aliphatic rings. The van der Waals surface area contributed by atoms with Crippen LogP contribution in [0.1, 0.15) is 36.8 Å². The molecule has 1 saturated carbocycles. The maximum atomic E-state index is 11.5. The van der Waals surface area contributed by atoms with Gasteiger partial charge in [0.05, 0.1) is 11.0 Å². The highest BCUT2D eigenvalue weighted by Gasteiger charge is 2.20. The largest absolute Gasteiger partial charge is 0.490 e. The van der Waals surface area contributed by atoms with Crippen LogP contribution in [0.4, 0.5) is 0 Å². The van der Waals surface area contributed by atoms with Gasteiger partial charge in [0.2, 0.25) is 0 Å². The molecule has 0 radical (unpaired) electrons. The molecule has 5 heteroatoms. The number of rotatable bonds is 3. The quantitative estimate of drug-likeness (QED) is 0.799. The fourth-order valence-corrected chi connectivity index (χ4v) is 4.18. The molecule has 0 amide bonds. The maximum absolute atomic E-state index is 11.5. The lowest BCUT2D eigenvalue weighted by Gasteiger charge is -2.15. The third kappa shape index (κ3) is 2.98. The number of aryl methyl sites for hydroxylation is 2. The summed E-state index contributed by atoms with van der Waals surface area (Å²) < 4.78 is 28.8. The number of ether oxygens (including phenoxy) is 1. The summed E-state index contributed by atoms with van der Waals surface area (Å²) in [7, 11) is 1.73. The highest BCUT2D eigenvalue weighted by molar-refractivity contribution is 8.13. The molecule has 100 valence electrons.